The summed E-state index contributed by atoms with van der Waals surface area (Å²) in [6.45, 7) is 3.65. The molecule has 0 amide bonds. The van der Waals surface area contributed by atoms with Crippen LogP contribution in [0.2, 0.25) is 0 Å². The zero-order chi connectivity index (χ0) is 23.5. The molecule has 5 rings (SSSR count). The Hall–Kier alpha value is -3.20. The standard InChI is InChI=1S/C26H28N4O3S/c1-33-22-11-13-23(14-12-22)34(31,32)29-17-15-28(16-18-29)20-26-27-24-9-5-6-10-25(24)30(26)19-21-7-3-2-4-8-21/h2-14H,15-20H2,1H3. The lowest BCUT2D eigenvalue weighted by Crippen LogP contribution is -2.48. The van der Waals surface area contributed by atoms with Crippen LogP contribution in [-0.2, 0) is 23.1 Å². The summed E-state index contributed by atoms with van der Waals surface area (Å²) in [6, 6.07) is 25.1. The van der Waals surface area contributed by atoms with Crippen LogP contribution in [0.3, 0.4) is 0 Å². The van der Waals surface area contributed by atoms with Crippen LogP contribution < -0.4 is 4.74 Å². The van der Waals surface area contributed by atoms with Crippen molar-refractivity contribution in [3.8, 4) is 5.75 Å². The number of imidazole rings is 1. The Labute approximate surface area is 200 Å². The van der Waals surface area contributed by atoms with Gasteiger partial charge in [0.15, 0.2) is 0 Å². The first kappa shape index (κ1) is 22.6. The van der Waals surface area contributed by atoms with Gasteiger partial charge in [-0.05, 0) is 42.0 Å². The van der Waals surface area contributed by atoms with Gasteiger partial charge >= 0.3 is 0 Å². The molecule has 34 heavy (non-hydrogen) atoms. The average molecular weight is 477 g/mol. The van der Waals surface area contributed by atoms with Gasteiger partial charge in [0.2, 0.25) is 10.0 Å². The minimum Gasteiger partial charge on any atom is -0.497 e. The number of ether oxygens (including phenoxy) is 1. The Balaban J connectivity index is 1.31. The first-order valence-corrected chi connectivity index (χ1v) is 12.8. The number of hydrogen-bond acceptors (Lipinski definition) is 5. The van der Waals surface area contributed by atoms with Gasteiger partial charge in [0.1, 0.15) is 11.6 Å². The number of fused-ring (bicyclic) bond motifs is 1. The molecule has 1 aliphatic heterocycles. The molecule has 1 saturated heterocycles. The number of methoxy groups -OCH3 is 1. The van der Waals surface area contributed by atoms with Crippen LogP contribution in [0.25, 0.3) is 11.0 Å². The molecule has 0 atom stereocenters. The van der Waals surface area contributed by atoms with Gasteiger partial charge in [0.05, 0.1) is 29.6 Å². The van der Waals surface area contributed by atoms with Gasteiger partial charge in [-0.2, -0.15) is 4.31 Å². The molecule has 0 spiro atoms. The molecule has 1 aliphatic rings. The fourth-order valence-corrected chi connectivity index (χ4v) is 5.84. The molecule has 4 aromatic rings. The van der Waals surface area contributed by atoms with Crippen molar-refractivity contribution in [1.29, 1.82) is 0 Å². The third-order valence-corrected chi connectivity index (χ3v) is 8.22. The maximum absolute atomic E-state index is 13.1. The van der Waals surface area contributed by atoms with Crippen molar-refractivity contribution in [3.63, 3.8) is 0 Å². The smallest absolute Gasteiger partial charge is 0.243 e. The van der Waals surface area contributed by atoms with Crippen molar-refractivity contribution in [2.45, 2.75) is 18.0 Å². The van der Waals surface area contributed by atoms with Crippen molar-refractivity contribution in [1.82, 2.24) is 18.8 Å². The van der Waals surface area contributed by atoms with Crippen LogP contribution in [-0.4, -0.2) is 60.5 Å². The molecule has 0 aliphatic carbocycles. The second-order valence-corrected chi connectivity index (χ2v) is 10.4. The minimum atomic E-state index is -3.52. The number of rotatable bonds is 7. The lowest BCUT2D eigenvalue weighted by atomic mass is 10.2. The summed E-state index contributed by atoms with van der Waals surface area (Å²) in [5.74, 6) is 1.64. The highest BCUT2D eigenvalue weighted by molar-refractivity contribution is 7.89. The van der Waals surface area contributed by atoms with Crippen molar-refractivity contribution in [3.05, 3.63) is 90.3 Å². The lowest BCUT2D eigenvalue weighted by Gasteiger charge is -2.33. The van der Waals surface area contributed by atoms with Crippen LogP contribution >= 0.6 is 0 Å². The van der Waals surface area contributed by atoms with E-state index in [1.165, 1.54) is 5.56 Å². The number of hydrogen-bond donors (Lipinski definition) is 0. The van der Waals surface area contributed by atoms with E-state index in [-0.39, 0.29) is 0 Å². The first-order valence-electron chi connectivity index (χ1n) is 11.4. The monoisotopic (exact) mass is 476 g/mol. The van der Waals surface area contributed by atoms with E-state index >= 15 is 0 Å². The topological polar surface area (TPSA) is 67.7 Å². The Bertz CT molecular complexity index is 1360. The van der Waals surface area contributed by atoms with Crippen molar-refractivity contribution >= 4 is 21.1 Å². The highest BCUT2D eigenvalue weighted by atomic mass is 32.2. The van der Waals surface area contributed by atoms with Gasteiger partial charge in [0.25, 0.3) is 0 Å². The molecule has 176 valence electrons. The van der Waals surface area contributed by atoms with Gasteiger partial charge < -0.3 is 9.30 Å². The molecule has 2 heterocycles. The normalized spacial score (nSPS) is 15.6. The molecule has 7 nitrogen and oxygen atoms in total. The largest absolute Gasteiger partial charge is 0.497 e. The average Bonchev–Trinajstić information content (AvgIpc) is 3.21. The third-order valence-electron chi connectivity index (χ3n) is 6.31. The Morgan fingerprint density at radius 3 is 2.21 bits per heavy atom. The summed E-state index contributed by atoms with van der Waals surface area (Å²) in [7, 11) is -1.96. The lowest BCUT2D eigenvalue weighted by molar-refractivity contribution is 0.176. The van der Waals surface area contributed by atoms with E-state index in [9.17, 15) is 8.42 Å². The molecule has 3 aromatic carbocycles. The predicted molar refractivity (Wildman–Crippen MR) is 132 cm³/mol. The fourth-order valence-electron chi connectivity index (χ4n) is 4.41. The summed E-state index contributed by atoms with van der Waals surface area (Å²) in [4.78, 5) is 7.49. The van der Waals surface area contributed by atoms with Crippen LogP contribution in [0.4, 0.5) is 0 Å². The van der Waals surface area contributed by atoms with E-state index in [2.05, 4.69) is 39.8 Å². The van der Waals surface area contributed by atoms with Crippen LogP contribution in [0.15, 0.2) is 83.8 Å². The van der Waals surface area contributed by atoms with Gasteiger partial charge in [-0.1, -0.05) is 42.5 Å². The highest BCUT2D eigenvalue weighted by Crippen LogP contribution is 2.23. The fraction of sp³-hybridized carbons (Fsp3) is 0.269. The quantitative estimate of drug-likeness (QED) is 0.408. The van der Waals surface area contributed by atoms with E-state index < -0.39 is 10.0 Å². The van der Waals surface area contributed by atoms with Crippen molar-refractivity contribution in [2.75, 3.05) is 33.3 Å². The molecular formula is C26H28N4O3S. The molecule has 0 bridgehead atoms. The van der Waals surface area contributed by atoms with E-state index in [0.717, 1.165) is 23.4 Å². The Kier molecular flexibility index (Phi) is 6.36. The highest BCUT2D eigenvalue weighted by Gasteiger charge is 2.29. The molecule has 0 unspecified atom stereocenters. The molecular weight excluding hydrogens is 448 g/mol. The third kappa shape index (κ3) is 4.57. The number of para-hydroxylation sites is 2. The number of sulfonamides is 1. The summed E-state index contributed by atoms with van der Waals surface area (Å²) >= 11 is 0. The van der Waals surface area contributed by atoms with Gasteiger partial charge in [-0.15, -0.1) is 0 Å². The zero-order valence-corrected chi connectivity index (χ0v) is 20.0. The predicted octanol–water partition coefficient (Wildman–Crippen LogP) is 3.60. The Morgan fingerprint density at radius 2 is 1.50 bits per heavy atom. The maximum Gasteiger partial charge on any atom is 0.243 e. The van der Waals surface area contributed by atoms with Crippen molar-refractivity contribution in [2.24, 2.45) is 0 Å². The summed E-state index contributed by atoms with van der Waals surface area (Å²) in [5, 5.41) is 0. The molecule has 1 aromatic heterocycles. The summed E-state index contributed by atoms with van der Waals surface area (Å²) in [6.07, 6.45) is 0. The van der Waals surface area contributed by atoms with Crippen LogP contribution in [0, 0.1) is 0 Å². The van der Waals surface area contributed by atoms with Gasteiger partial charge in [-0.3, -0.25) is 4.90 Å². The first-order chi connectivity index (χ1) is 16.5. The van der Waals surface area contributed by atoms with E-state index in [0.29, 0.717) is 43.4 Å². The zero-order valence-electron chi connectivity index (χ0n) is 19.2. The molecule has 8 heteroatoms. The van der Waals surface area contributed by atoms with Crippen LogP contribution in [0.1, 0.15) is 11.4 Å². The van der Waals surface area contributed by atoms with Gasteiger partial charge in [0, 0.05) is 32.7 Å². The number of aromatic nitrogens is 2. The van der Waals surface area contributed by atoms with Gasteiger partial charge in [-0.25, -0.2) is 13.4 Å². The molecule has 0 radical (unpaired) electrons. The summed E-state index contributed by atoms with van der Waals surface area (Å²) in [5.41, 5.74) is 3.32. The SMILES string of the molecule is COc1ccc(S(=O)(=O)N2CCN(Cc3nc4ccccc4n3Cc3ccccc3)CC2)cc1. The van der Waals surface area contributed by atoms with E-state index in [1.807, 2.05) is 24.3 Å². The number of benzene rings is 3. The molecule has 1 fully saturated rings. The number of nitrogens with zero attached hydrogens (tertiary/aromatic N) is 4. The number of piperazine rings is 1. The molecule has 0 saturated carbocycles. The van der Waals surface area contributed by atoms with E-state index in [1.54, 1.807) is 35.7 Å². The minimum absolute atomic E-state index is 0.298. The van der Waals surface area contributed by atoms with E-state index in [4.69, 9.17) is 9.72 Å². The summed E-state index contributed by atoms with van der Waals surface area (Å²) < 4.78 is 35.1. The Morgan fingerprint density at radius 1 is 0.824 bits per heavy atom. The second-order valence-electron chi connectivity index (χ2n) is 8.44. The second kappa shape index (κ2) is 9.58. The molecule has 0 N–H and O–H groups in total. The van der Waals surface area contributed by atoms with Crippen LogP contribution in [0.5, 0.6) is 5.75 Å². The maximum atomic E-state index is 13.1. The van der Waals surface area contributed by atoms with Crippen molar-refractivity contribution < 1.29 is 13.2 Å².